The van der Waals surface area contributed by atoms with E-state index in [1.807, 2.05) is 4.90 Å². The fourth-order valence-electron chi connectivity index (χ4n) is 4.48. The maximum atomic E-state index is 12.9. The second kappa shape index (κ2) is 7.20. The molecule has 150 valence electrons. The molecule has 28 heavy (non-hydrogen) atoms. The van der Waals surface area contributed by atoms with Gasteiger partial charge in [0, 0.05) is 24.6 Å². The Bertz CT molecular complexity index is 808. The second-order valence-corrected chi connectivity index (χ2v) is 8.25. The normalized spacial score (nSPS) is 24.3. The van der Waals surface area contributed by atoms with Crippen molar-refractivity contribution < 1.29 is 19.1 Å². The number of likely N-dealkylation sites (tertiary alicyclic amines) is 1. The summed E-state index contributed by atoms with van der Waals surface area (Å²) in [7, 11) is 0. The summed E-state index contributed by atoms with van der Waals surface area (Å²) in [4.78, 5) is 39.3. The smallest absolute Gasteiger partial charge is 0.265 e. The highest BCUT2D eigenvalue weighted by Gasteiger charge is 2.41. The number of anilines is 1. The zero-order valence-electron chi connectivity index (χ0n) is 16.2. The third-order valence-corrected chi connectivity index (χ3v) is 6.27. The van der Waals surface area contributed by atoms with Crippen molar-refractivity contribution >= 4 is 23.3 Å². The molecule has 2 fully saturated rings. The first kappa shape index (κ1) is 18.9. The van der Waals surface area contributed by atoms with E-state index < -0.39 is 11.6 Å². The van der Waals surface area contributed by atoms with Crippen LogP contribution >= 0.6 is 0 Å². The van der Waals surface area contributed by atoms with Gasteiger partial charge in [-0.2, -0.15) is 0 Å². The predicted molar refractivity (Wildman–Crippen MR) is 104 cm³/mol. The lowest BCUT2D eigenvalue weighted by atomic mass is 9.87. The maximum absolute atomic E-state index is 12.9. The molecule has 7 nitrogen and oxygen atoms in total. The predicted octanol–water partition coefficient (Wildman–Crippen LogP) is 2.10. The molecular weight excluding hydrogens is 358 g/mol. The van der Waals surface area contributed by atoms with Crippen molar-refractivity contribution in [2.45, 2.75) is 57.1 Å². The molecule has 1 atom stereocenters. The summed E-state index contributed by atoms with van der Waals surface area (Å²) in [5.74, 6) is 0.323. The van der Waals surface area contributed by atoms with Crippen molar-refractivity contribution in [1.82, 2.24) is 4.90 Å². The summed E-state index contributed by atoms with van der Waals surface area (Å²) in [6, 6.07) is 5.16. The SMILES string of the molecule is CC1Oc2ccc(C(=O)C3CCN(C(=O)C4(N)CCCC4)CC3)cc2NC1=O. The van der Waals surface area contributed by atoms with E-state index in [0.29, 0.717) is 42.9 Å². The largest absolute Gasteiger partial charge is 0.479 e. The van der Waals surface area contributed by atoms with E-state index in [1.54, 1.807) is 25.1 Å². The molecule has 3 N–H and O–H groups in total. The zero-order valence-corrected chi connectivity index (χ0v) is 16.2. The molecule has 0 spiro atoms. The van der Waals surface area contributed by atoms with Crippen LogP contribution in [-0.4, -0.2) is 47.2 Å². The summed E-state index contributed by atoms with van der Waals surface area (Å²) in [6.45, 7) is 2.82. The topological polar surface area (TPSA) is 102 Å². The number of benzene rings is 1. The average molecular weight is 385 g/mol. The van der Waals surface area contributed by atoms with E-state index in [9.17, 15) is 14.4 Å². The second-order valence-electron chi connectivity index (χ2n) is 8.25. The Morgan fingerprint density at radius 2 is 1.89 bits per heavy atom. The van der Waals surface area contributed by atoms with E-state index in [0.717, 1.165) is 25.7 Å². The number of Topliss-reactive ketones (excluding diaryl/α,β-unsaturated/α-hetero) is 1. The van der Waals surface area contributed by atoms with E-state index in [1.165, 1.54) is 0 Å². The standard InChI is InChI=1S/C21H27N3O4/c1-13-19(26)23-16-12-15(4-5-17(16)28-13)18(25)14-6-10-24(11-7-14)20(27)21(22)8-2-3-9-21/h4-5,12-14H,2-3,6-11,22H2,1H3,(H,23,26). The first-order valence-electron chi connectivity index (χ1n) is 10.1. The Morgan fingerprint density at radius 1 is 1.21 bits per heavy atom. The van der Waals surface area contributed by atoms with E-state index in [4.69, 9.17) is 10.5 Å². The minimum absolute atomic E-state index is 0.0404. The summed E-state index contributed by atoms with van der Waals surface area (Å²) in [6.07, 6.45) is 4.26. The lowest BCUT2D eigenvalue weighted by Crippen LogP contribution is -2.55. The van der Waals surface area contributed by atoms with Crippen molar-refractivity contribution in [2.75, 3.05) is 18.4 Å². The number of piperidine rings is 1. The van der Waals surface area contributed by atoms with Gasteiger partial charge in [-0.15, -0.1) is 0 Å². The molecule has 1 aromatic carbocycles. The van der Waals surface area contributed by atoms with Gasteiger partial charge in [0.15, 0.2) is 11.9 Å². The molecular formula is C21H27N3O4. The lowest BCUT2D eigenvalue weighted by Gasteiger charge is -2.36. The molecule has 2 heterocycles. The number of nitrogens with one attached hydrogen (secondary N) is 1. The van der Waals surface area contributed by atoms with Crippen LogP contribution in [0.15, 0.2) is 18.2 Å². The van der Waals surface area contributed by atoms with Gasteiger partial charge in [0.1, 0.15) is 5.75 Å². The van der Waals surface area contributed by atoms with E-state index in [-0.39, 0.29) is 23.5 Å². The molecule has 0 aromatic heterocycles. The number of carbonyl (C=O) groups is 3. The number of fused-ring (bicyclic) bond motifs is 1. The highest BCUT2D eigenvalue weighted by molar-refractivity contribution is 6.02. The van der Waals surface area contributed by atoms with Gasteiger partial charge < -0.3 is 20.7 Å². The van der Waals surface area contributed by atoms with Crippen molar-refractivity contribution in [1.29, 1.82) is 0 Å². The molecule has 7 heteroatoms. The van der Waals surface area contributed by atoms with Gasteiger partial charge in [0.25, 0.3) is 5.91 Å². The molecule has 0 radical (unpaired) electrons. The summed E-state index contributed by atoms with van der Waals surface area (Å²) < 4.78 is 5.54. The van der Waals surface area contributed by atoms with Crippen LogP contribution < -0.4 is 15.8 Å². The van der Waals surface area contributed by atoms with Crippen LogP contribution in [-0.2, 0) is 9.59 Å². The summed E-state index contributed by atoms with van der Waals surface area (Å²) in [5.41, 5.74) is 6.69. The van der Waals surface area contributed by atoms with Crippen LogP contribution in [0.2, 0.25) is 0 Å². The highest BCUT2D eigenvalue weighted by Crippen LogP contribution is 2.33. The van der Waals surface area contributed by atoms with Crippen molar-refractivity contribution in [3.63, 3.8) is 0 Å². The number of nitrogens with zero attached hydrogens (tertiary/aromatic N) is 1. The van der Waals surface area contributed by atoms with Crippen LogP contribution in [0.25, 0.3) is 0 Å². The van der Waals surface area contributed by atoms with Crippen LogP contribution in [0.1, 0.15) is 55.8 Å². The molecule has 1 aromatic rings. The Balaban J connectivity index is 1.40. The van der Waals surface area contributed by atoms with Crippen molar-refractivity contribution in [2.24, 2.45) is 11.7 Å². The zero-order chi connectivity index (χ0) is 19.9. The molecule has 1 saturated carbocycles. The maximum Gasteiger partial charge on any atom is 0.265 e. The molecule has 0 bridgehead atoms. The number of carbonyl (C=O) groups excluding carboxylic acids is 3. The number of hydrogen-bond donors (Lipinski definition) is 2. The third-order valence-electron chi connectivity index (χ3n) is 6.27. The van der Waals surface area contributed by atoms with Gasteiger partial charge in [0.2, 0.25) is 5.91 Å². The Morgan fingerprint density at radius 3 is 2.57 bits per heavy atom. The number of ether oxygens (including phenoxy) is 1. The minimum atomic E-state index is -0.704. The van der Waals surface area contributed by atoms with E-state index in [2.05, 4.69) is 5.32 Å². The Labute approximate surface area is 164 Å². The molecule has 1 aliphatic carbocycles. The highest BCUT2D eigenvalue weighted by atomic mass is 16.5. The fraction of sp³-hybridized carbons (Fsp3) is 0.571. The average Bonchev–Trinajstić information content (AvgIpc) is 3.15. The van der Waals surface area contributed by atoms with E-state index >= 15 is 0 Å². The van der Waals surface area contributed by atoms with Crippen molar-refractivity contribution in [3.8, 4) is 5.75 Å². The molecule has 2 amide bonds. The van der Waals surface area contributed by atoms with Crippen LogP contribution in [0.5, 0.6) is 5.75 Å². The van der Waals surface area contributed by atoms with Gasteiger partial charge in [-0.1, -0.05) is 12.8 Å². The van der Waals surface area contributed by atoms with Gasteiger partial charge in [-0.25, -0.2) is 0 Å². The lowest BCUT2D eigenvalue weighted by molar-refractivity contribution is -0.138. The third kappa shape index (κ3) is 3.39. The molecule has 1 saturated heterocycles. The molecule has 3 aliphatic rings. The number of nitrogens with two attached hydrogens (primary N) is 1. The summed E-state index contributed by atoms with van der Waals surface area (Å²) >= 11 is 0. The van der Waals surface area contributed by atoms with Crippen LogP contribution in [0.4, 0.5) is 5.69 Å². The van der Waals surface area contributed by atoms with Gasteiger partial charge in [-0.05, 0) is 50.8 Å². The number of amides is 2. The van der Waals surface area contributed by atoms with Crippen LogP contribution in [0.3, 0.4) is 0 Å². The van der Waals surface area contributed by atoms with Gasteiger partial charge in [0.05, 0.1) is 11.2 Å². The van der Waals surface area contributed by atoms with Gasteiger partial charge in [-0.3, -0.25) is 14.4 Å². The molecule has 4 rings (SSSR count). The van der Waals surface area contributed by atoms with Crippen molar-refractivity contribution in [3.05, 3.63) is 23.8 Å². The van der Waals surface area contributed by atoms with Gasteiger partial charge >= 0.3 is 0 Å². The fourth-order valence-corrected chi connectivity index (χ4v) is 4.48. The Hall–Kier alpha value is -2.41. The van der Waals surface area contributed by atoms with Crippen LogP contribution in [0, 0.1) is 5.92 Å². The first-order chi connectivity index (χ1) is 13.4. The monoisotopic (exact) mass is 385 g/mol. The number of ketones is 1. The quantitative estimate of drug-likeness (QED) is 0.776. The Kier molecular flexibility index (Phi) is 4.87. The number of hydrogen-bond acceptors (Lipinski definition) is 5. The first-order valence-corrected chi connectivity index (χ1v) is 10.1. The number of rotatable bonds is 3. The molecule has 2 aliphatic heterocycles. The summed E-state index contributed by atoms with van der Waals surface area (Å²) in [5, 5.41) is 2.78. The minimum Gasteiger partial charge on any atom is -0.479 e. The molecule has 1 unspecified atom stereocenters.